The van der Waals surface area contributed by atoms with E-state index >= 15 is 0 Å². The van der Waals surface area contributed by atoms with Crippen molar-refractivity contribution in [2.75, 3.05) is 10.6 Å². The third kappa shape index (κ3) is 4.82. The summed E-state index contributed by atoms with van der Waals surface area (Å²) >= 11 is 0. The van der Waals surface area contributed by atoms with Gasteiger partial charge in [-0.15, -0.1) is 0 Å². The molecule has 0 saturated heterocycles. The molecule has 3 N–H and O–H groups in total. The molecule has 0 aromatic heterocycles. The summed E-state index contributed by atoms with van der Waals surface area (Å²) in [6.07, 6.45) is 0. The lowest BCUT2D eigenvalue weighted by atomic mass is 10.2. The fourth-order valence-electron chi connectivity index (χ4n) is 3.07. The Kier molecular flexibility index (Phi) is 5.56. The molecule has 4 rings (SSSR count). The van der Waals surface area contributed by atoms with Gasteiger partial charge in [0.15, 0.2) is 0 Å². The Morgan fingerprint density at radius 1 is 0.517 bits per heavy atom. The van der Waals surface area contributed by atoms with Gasteiger partial charge in [-0.2, -0.15) is 0 Å². The van der Waals surface area contributed by atoms with Gasteiger partial charge in [0.1, 0.15) is 11.4 Å². The van der Waals surface area contributed by atoms with Gasteiger partial charge >= 0.3 is 0 Å². The summed E-state index contributed by atoms with van der Waals surface area (Å²) in [5.41, 5.74) is 6.50. The Morgan fingerprint density at radius 2 is 0.897 bits per heavy atom. The number of benzene rings is 4. The third-order valence-electron chi connectivity index (χ3n) is 4.70. The Labute approximate surface area is 171 Å². The largest absolute Gasteiger partial charge is 0.623 e. The van der Waals surface area contributed by atoms with Crippen molar-refractivity contribution in [3.05, 3.63) is 114 Å². The van der Waals surface area contributed by atoms with Crippen molar-refractivity contribution in [3.63, 3.8) is 0 Å². The average Bonchev–Trinajstić information content (AvgIpc) is 2.77. The molecular formula is C25H23N3O. The van der Waals surface area contributed by atoms with E-state index in [0.717, 1.165) is 22.7 Å². The first-order valence-electron chi connectivity index (χ1n) is 9.58. The predicted molar refractivity (Wildman–Crippen MR) is 121 cm³/mol. The molecule has 4 aromatic rings. The van der Waals surface area contributed by atoms with E-state index in [1.54, 1.807) is 0 Å². The summed E-state index contributed by atoms with van der Waals surface area (Å²) in [5, 5.41) is 19.5. The molecule has 29 heavy (non-hydrogen) atoms. The Balaban J connectivity index is 1.42. The van der Waals surface area contributed by atoms with Crippen molar-refractivity contribution >= 4 is 34.1 Å². The first-order valence-corrected chi connectivity index (χ1v) is 9.58. The van der Waals surface area contributed by atoms with E-state index in [0.29, 0.717) is 11.4 Å². The second-order valence-electron chi connectivity index (χ2n) is 6.97. The van der Waals surface area contributed by atoms with Crippen LogP contribution in [0.5, 0.6) is 0 Å². The maximum atomic E-state index is 12.8. The Bertz CT molecular complexity index is 1040. The van der Waals surface area contributed by atoms with E-state index in [1.165, 1.54) is 5.56 Å². The van der Waals surface area contributed by atoms with Crippen LogP contribution in [0, 0.1) is 12.1 Å². The van der Waals surface area contributed by atoms with E-state index < -0.39 is 0 Å². The van der Waals surface area contributed by atoms with Crippen LogP contribution < -0.4 is 15.7 Å². The molecule has 4 nitrogen and oxygen atoms in total. The van der Waals surface area contributed by atoms with E-state index in [-0.39, 0.29) is 5.06 Å². The van der Waals surface area contributed by atoms with Crippen molar-refractivity contribution in [1.29, 1.82) is 0 Å². The average molecular weight is 381 g/mol. The van der Waals surface area contributed by atoms with Gasteiger partial charge < -0.3 is 20.9 Å². The summed E-state index contributed by atoms with van der Waals surface area (Å²) in [7, 11) is 0. The number of quaternary nitrogens is 1. The van der Waals surface area contributed by atoms with Crippen LogP contribution in [0.2, 0.25) is 0 Å². The third-order valence-corrected chi connectivity index (χ3v) is 4.70. The standard InChI is InChI=1S/C25H23N3O/c1-19-7-9-21(10-8-19)27-23-13-17-25(18-14-23)28(29)24-15-11-22(12-16-24)26-20-5-3-2-4-6-20/h2-18,26-28H,1H3. The van der Waals surface area contributed by atoms with Crippen LogP contribution in [0.4, 0.5) is 34.1 Å². The zero-order valence-electron chi connectivity index (χ0n) is 16.2. The van der Waals surface area contributed by atoms with Gasteiger partial charge in [0, 0.05) is 47.0 Å². The lowest BCUT2D eigenvalue weighted by molar-refractivity contribution is -0.698. The summed E-state index contributed by atoms with van der Waals surface area (Å²) in [5.74, 6) is 0. The minimum absolute atomic E-state index is 0.0122. The highest BCUT2D eigenvalue weighted by atomic mass is 16.5. The highest BCUT2D eigenvalue weighted by molar-refractivity contribution is 5.62. The molecule has 0 saturated carbocycles. The summed E-state index contributed by atoms with van der Waals surface area (Å²) in [6.45, 7) is 2.06. The van der Waals surface area contributed by atoms with Gasteiger partial charge in [-0.1, -0.05) is 35.9 Å². The van der Waals surface area contributed by atoms with Crippen molar-refractivity contribution in [2.45, 2.75) is 6.92 Å². The molecule has 0 amide bonds. The van der Waals surface area contributed by atoms with Gasteiger partial charge in [-0.3, -0.25) is 0 Å². The van der Waals surface area contributed by atoms with Gasteiger partial charge in [0.2, 0.25) is 0 Å². The molecule has 4 heteroatoms. The number of hydrogen-bond acceptors (Lipinski definition) is 3. The minimum atomic E-state index is 0.0122. The summed E-state index contributed by atoms with van der Waals surface area (Å²) < 4.78 is 0. The van der Waals surface area contributed by atoms with Crippen molar-refractivity contribution in [2.24, 2.45) is 0 Å². The SMILES string of the molecule is Cc1ccc(Nc2ccc([NH+]([O-])c3ccc(Nc4ccccc4)cc3)cc2)cc1. The Morgan fingerprint density at radius 3 is 1.34 bits per heavy atom. The highest BCUT2D eigenvalue weighted by Crippen LogP contribution is 2.20. The maximum absolute atomic E-state index is 12.8. The maximum Gasteiger partial charge on any atom is 0.136 e. The molecule has 1 unspecified atom stereocenters. The number of hydrogen-bond donors (Lipinski definition) is 3. The first kappa shape index (κ1) is 18.7. The fourth-order valence-corrected chi connectivity index (χ4v) is 3.07. The molecule has 0 radical (unpaired) electrons. The second-order valence-corrected chi connectivity index (χ2v) is 6.97. The highest BCUT2D eigenvalue weighted by Gasteiger charge is 2.07. The van der Waals surface area contributed by atoms with Crippen molar-refractivity contribution in [3.8, 4) is 0 Å². The first-order chi connectivity index (χ1) is 14.2. The van der Waals surface area contributed by atoms with E-state index in [4.69, 9.17) is 0 Å². The van der Waals surface area contributed by atoms with E-state index in [2.05, 4.69) is 29.7 Å². The lowest BCUT2D eigenvalue weighted by Gasteiger charge is -2.22. The summed E-state index contributed by atoms with van der Waals surface area (Å²) in [4.78, 5) is 0. The zero-order chi connectivity index (χ0) is 20.1. The van der Waals surface area contributed by atoms with Gasteiger partial charge in [-0.05, 0) is 55.5 Å². The molecule has 0 aliphatic rings. The van der Waals surface area contributed by atoms with Crippen LogP contribution in [0.25, 0.3) is 0 Å². The number of nitrogens with one attached hydrogen (secondary N) is 3. The molecule has 0 heterocycles. The van der Waals surface area contributed by atoms with Crippen LogP contribution in [-0.2, 0) is 0 Å². The molecule has 0 bridgehead atoms. The predicted octanol–water partition coefficient (Wildman–Crippen LogP) is 5.83. The quantitative estimate of drug-likeness (QED) is 0.368. The monoisotopic (exact) mass is 381 g/mol. The molecule has 144 valence electrons. The number of para-hydroxylation sites is 1. The van der Waals surface area contributed by atoms with Crippen molar-refractivity contribution < 1.29 is 5.06 Å². The second kappa shape index (κ2) is 8.61. The van der Waals surface area contributed by atoms with Crippen LogP contribution in [0.3, 0.4) is 0 Å². The van der Waals surface area contributed by atoms with Crippen LogP contribution in [0.1, 0.15) is 5.56 Å². The lowest BCUT2D eigenvalue weighted by Crippen LogP contribution is -2.96. The van der Waals surface area contributed by atoms with Crippen LogP contribution in [-0.4, -0.2) is 0 Å². The number of rotatable bonds is 6. The molecule has 4 aromatic carbocycles. The molecule has 0 spiro atoms. The van der Waals surface area contributed by atoms with E-state index in [9.17, 15) is 5.21 Å². The summed E-state index contributed by atoms with van der Waals surface area (Å²) in [6, 6.07) is 33.3. The van der Waals surface area contributed by atoms with Gasteiger partial charge in [0.25, 0.3) is 0 Å². The Hall–Kier alpha value is -3.60. The molecule has 1 atom stereocenters. The molecule has 0 fully saturated rings. The van der Waals surface area contributed by atoms with Gasteiger partial charge in [0.05, 0.1) is 0 Å². The van der Waals surface area contributed by atoms with Gasteiger partial charge in [-0.25, -0.2) is 0 Å². The number of anilines is 4. The fraction of sp³-hybridized carbons (Fsp3) is 0.0400. The smallest absolute Gasteiger partial charge is 0.136 e. The molecule has 0 aliphatic heterocycles. The number of aryl methyl sites for hydroxylation is 1. The zero-order valence-corrected chi connectivity index (χ0v) is 16.2. The van der Waals surface area contributed by atoms with Crippen LogP contribution in [0.15, 0.2) is 103 Å². The van der Waals surface area contributed by atoms with Crippen LogP contribution >= 0.6 is 0 Å². The van der Waals surface area contributed by atoms with Crippen molar-refractivity contribution in [1.82, 2.24) is 0 Å². The molecular weight excluding hydrogens is 358 g/mol. The molecule has 0 aliphatic carbocycles. The normalized spacial score (nSPS) is 11.7. The van der Waals surface area contributed by atoms with E-state index in [1.807, 2.05) is 91.0 Å². The topological polar surface area (TPSA) is 51.6 Å². The minimum Gasteiger partial charge on any atom is -0.623 e.